The maximum Gasteiger partial charge on any atom is 0.159 e. The summed E-state index contributed by atoms with van der Waals surface area (Å²) in [6.45, 7) is 0. The van der Waals surface area contributed by atoms with E-state index in [1.165, 1.54) is 0 Å². The molecule has 4 rings (SSSR count). The minimum atomic E-state index is 0.691. The van der Waals surface area contributed by atoms with Crippen LogP contribution in [0.15, 0.2) is 73.6 Å². The second-order valence-electron chi connectivity index (χ2n) is 5.07. The second kappa shape index (κ2) is 5.81. The Labute approximate surface area is 133 Å². The third-order valence-corrected chi connectivity index (χ3v) is 3.62. The fraction of sp³-hybridized carbons (Fsp3) is 0. The summed E-state index contributed by atoms with van der Waals surface area (Å²) in [7, 11) is 0. The van der Waals surface area contributed by atoms with E-state index in [0.717, 1.165) is 27.8 Å². The molecule has 5 nitrogen and oxygen atoms in total. The Hall–Kier alpha value is -3.34. The van der Waals surface area contributed by atoms with E-state index in [9.17, 15) is 0 Å². The van der Waals surface area contributed by atoms with Crippen LogP contribution < -0.4 is 0 Å². The van der Waals surface area contributed by atoms with Gasteiger partial charge in [0, 0.05) is 53.2 Å². The Morgan fingerprint density at radius 1 is 0.696 bits per heavy atom. The van der Waals surface area contributed by atoms with E-state index in [0.29, 0.717) is 5.82 Å². The van der Waals surface area contributed by atoms with Gasteiger partial charge in [0.05, 0.1) is 6.20 Å². The molecule has 3 heterocycles. The Balaban J connectivity index is 1.77. The molecule has 0 aliphatic heterocycles. The maximum absolute atomic E-state index is 4.52. The normalized spacial score (nSPS) is 10.6. The van der Waals surface area contributed by atoms with Crippen LogP contribution in [0.3, 0.4) is 0 Å². The Kier molecular flexibility index (Phi) is 3.37. The van der Waals surface area contributed by atoms with Crippen molar-refractivity contribution < 1.29 is 0 Å². The molecular weight excluding hydrogens is 286 g/mol. The number of nitrogens with one attached hydrogen (secondary N) is 1. The lowest BCUT2D eigenvalue weighted by molar-refractivity contribution is 1.09. The lowest BCUT2D eigenvalue weighted by Crippen LogP contribution is -1.92. The fourth-order valence-corrected chi connectivity index (χ4v) is 2.48. The van der Waals surface area contributed by atoms with Gasteiger partial charge in [-0.3, -0.25) is 10.1 Å². The molecule has 0 fully saturated rings. The molecule has 23 heavy (non-hydrogen) atoms. The zero-order chi connectivity index (χ0) is 15.5. The third kappa shape index (κ3) is 2.60. The average molecular weight is 299 g/mol. The zero-order valence-corrected chi connectivity index (χ0v) is 12.2. The lowest BCUT2D eigenvalue weighted by atomic mass is 10.0. The van der Waals surface area contributed by atoms with E-state index in [2.05, 4.69) is 31.2 Å². The van der Waals surface area contributed by atoms with Gasteiger partial charge in [-0.1, -0.05) is 30.3 Å². The average Bonchev–Trinajstić information content (AvgIpc) is 3.17. The molecule has 0 unspecified atom stereocenters. The van der Waals surface area contributed by atoms with Gasteiger partial charge in [0.15, 0.2) is 5.82 Å². The highest BCUT2D eigenvalue weighted by Gasteiger charge is 2.10. The van der Waals surface area contributed by atoms with Crippen molar-refractivity contribution in [3.63, 3.8) is 0 Å². The smallest absolute Gasteiger partial charge is 0.159 e. The first kappa shape index (κ1) is 13.3. The van der Waals surface area contributed by atoms with E-state index in [1.807, 2.05) is 55.1 Å². The molecule has 5 heteroatoms. The van der Waals surface area contributed by atoms with Crippen molar-refractivity contribution in [2.75, 3.05) is 0 Å². The van der Waals surface area contributed by atoms with Crippen molar-refractivity contribution in [1.82, 2.24) is 25.1 Å². The molecule has 0 saturated heterocycles. The summed E-state index contributed by atoms with van der Waals surface area (Å²) in [5, 5.41) is 6.74. The lowest BCUT2D eigenvalue weighted by Gasteiger charge is -2.08. The molecule has 110 valence electrons. The van der Waals surface area contributed by atoms with E-state index < -0.39 is 0 Å². The third-order valence-electron chi connectivity index (χ3n) is 3.62. The van der Waals surface area contributed by atoms with E-state index in [1.54, 1.807) is 12.4 Å². The first-order chi connectivity index (χ1) is 11.4. The number of rotatable bonds is 3. The van der Waals surface area contributed by atoms with Crippen molar-refractivity contribution in [3.8, 4) is 33.6 Å². The molecule has 0 spiro atoms. The molecule has 3 aromatic heterocycles. The maximum atomic E-state index is 4.52. The Morgan fingerprint density at radius 3 is 2.22 bits per heavy atom. The van der Waals surface area contributed by atoms with Gasteiger partial charge in [-0.25, -0.2) is 9.97 Å². The van der Waals surface area contributed by atoms with E-state index in [4.69, 9.17) is 0 Å². The number of nitrogens with zero attached hydrogens (tertiary/aromatic N) is 4. The highest BCUT2D eigenvalue weighted by atomic mass is 15.1. The quantitative estimate of drug-likeness (QED) is 0.627. The SMILES string of the molecule is c1cncc(-c2ccccc2-c2ncc(-c3cn[nH]c3)cn2)c1. The number of hydrogen-bond donors (Lipinski definition) is 1. The van der Waals surface area contributed by atoms with Crippen LogP contribution in [-0.2, 0) is 0 Å². The first-order valence-electron chi connectivity index (χ1n) is 7.23. The summed E-state index contributed by atoms with van der Waals surface area (Å²) in [5.74, 6) is 0.691. The number of aromatic amines is 1. The molecule has 1 N–H and O–H groups in total. The highest BCUT2D eigenvalue weighted by molar-refractivity contribution is 5.80. The van der Waals surface area contributed by atoms with Crippen molar-refractivity contribution in [2.24, 2.45) is 0 Å². The molecule has 0 atom stereocenters. The van der Waals surface area contributed by atoms with Crippen LogP contribution >= 0.6 is 0 Å². The molecule has 4 aromatic rings. The monoisotopic (exact) mass is 299 g/mol. The molecule has 0 bridgehead atoms. The summed E-state index contributed by atoms with van der Waals surface area (Å²) in [4.78, 5) is 13.2. The van der Waals surface area contributed by atoms with Crippen LogP contribution in [0.5, 0.6) is 0 Å². The minimum absolute atomic E-state index is 0.691. The second-order valence-corrected chi connectivity index (χ2v) is 5.07. The highest BCUT2D eigenvalue weighted by Crippen LogP contribution is 2.29. The van der Waals surface area contributed by atoms with Crippen molar-refractivity contribution in [2.45, 2.75) is 0 Å². The number of hydrogen-bond acceptors (Lipinski definition) is 4. The largest absolute Gasteiger partial charge is 0.285 e. The van der Waals surface area contributed by atoms with Gasteiger partial charge >= 0.3 is 0 Å². The van der Waals surface area contributed by atoms with Crippen LogP contribution in [-0.4, -0.2) is 25.1 Å². The van der Waals surface area contributed by atoms with Crippen LogP contribution in [0.4, 0.5) is 0 Å². The fourth-order valence-electron chi connectivity index (χ4n) is 2.48. The molecule has 0 amide bonds. The van der Waals surface area contributed by atoms with Gasteiger partial charge < -0.3 is 0 Å². The predicted molar refractivity (Wildman–Crippen MR) is 88.3 cm³/mol. The summed E-state index contributed by atoms with van der Waals surface area (Å²) in [6.07, 6.45) is 10.8. The predicted octanol–water partition coefficient (Wildman–Crippen LogP) is 3.60. The summed E-state index contributed by atoms with van der Waals surface area (Å²) < 4.78 is 0. The number of aromatic nitrogens is 5. The van der Waals surface area contributed by atoms with Crippen LogP contribution in [0, 0.1) is 0 Å². The van der Waals surface area contributed by atoms with Gasteiger partial charge in [-0.2, -0.15) is 5.10 Å². The van der Waals surface area contributed by atoms with Crippen molar-refractivity contribution >= 4 is 0 Å². The van der Waals surface area contributed by atoms with Crippen LogP contribution in [0.2, 0.25) is 0 Å². The van der Waals surface area contributed by atoms with Crippen molar-refractivity contribution in [3.05, 3.63) is 73.6 Å². The van der Waals surface area contributed by atoms with Gasteiger partial charge in [0.2, 0.25) is 0 Å². The summed E-state index contributed by atoms with van der Waals surface area (Å²) >= 11 is 0. The Bertz CT molecular complexity index is 900. The summed E-state index contributed by atoms with van der Waals surface area (Å²) in [5.41, 5.74) is 5.00. The van der Waals surface area contributed by atoms with Crippen LogP contribution in [0.25, 0.3) is 33.6 Å². The molecule has 0 aliphatic carbocycles. The van der Waals surface area contributed by atoms with Gasteiger partial charge in [0.1, 0.15) is 0 Å². The number of pyridine rings is 1. The molecule has 1 aromatic carbocycles. The molecule has 0 radical (unpaired) electrons. The molecule has 0 saturated carbocycles. The standard InChI is InChI=1S/C18H13N5/c1-2-6-17(16(5-1)13-4-3-7-19-8-13)18-20-9-14(10-21-18)15-11-22-23-12-15/h1-12H,(H,22,23). The van der Waals surface area contributed by atoms with Crippen LogP contribution in [0.1, 0.15) is 0 Å². The molecule has 0 aliphatic rings. The van der Waals surface area contributed by atoms with E-state index >= 15 is 0 Å². The first-order valence-corrected chi connectivity index (χ1v) is 7.23. The van der Waals surface area contributed by atoms with Gasteiger partial charge in [0.25, 0.3) is 0 Å². The molecular formula is C18H13N5. The Morgan fingerprint density at radius 2 is 1.52 bits per heavy atom. The number of H-pyrrole nitrogens is 1. The van der Waals surface area contributed by atoms with E-state index in [-0.39, 0.29) is 0 Å². The van der Waals surface area contributed by atoms with Gasteiger partial charge in [-0.15, -0.1) is 0 Å². The topological polar surface area (TPSA) is 67.3 Å². The van der Waals surface area contributed by atoms with Crippen molar-refractivity contribution in [1.29, 1.82) is 0 Å². The number of benzene rings is 1. The van der Waals surface area contributed by atoms with Gasteiger partial charge in [-0.05, 0) is 11.6 Å². The minimum Gasteiger partial charge on any atom is -0.285 e. The summed E-state index contributed by atoms with van der Waals surface area (Å²) in [6, 6.07) is 12.0. The zero-order valence-electron chi connectivity index (χ0n) is 12.2.